The molecule has 0 radical (unpaired) electrons. The molecule has 1 fully saturated rings. The number of carbonyl (C=O) groups excluding carboxylic acids is 1. The summed E-state index contributed by atoms with van der Waals surface area (Å²) in [4.78, 5) is 14.3. The Morgan fingerprint density at radius 1 is 1.47 bits per heavy atom. The van der Waals surface area contributed by atoms with Crippen LogP contribution in [0.3, 0.4) is 0 Å². The van der Waals surface area contributed by atoms with E-state index in [1.54, 1.807) is 6.07 Å². The lowest BCUT2D eigenvalue weighted by atomic mass is 9.85. The van der Waals surface area contributed by atoms with Gasteiger partial charge in [-0.25, -0.2) is 0 Å². The van der Waals surface area contributed by atoms with Crippen molar-refractivity contribution in [2.45, 2.75) is 33.2 Å². The maximum absolute atomic E-state index is 12.4. The Hall–Kier alpha value is -0.960. The molecule has 3 unspecified atom stereocenters. The van der Waals surface area contributed by atoms with E-state index < -0.39 is 0 Å². The van der Waals surface area contributed by atoms with Crippen molar-refractivity contribution in [2.24, 2.45) is 11.8 Å². The van der Waals surface area contributed by atoms with Crippen molar-refractivity contribution >= 4 is 17.5 Å². The molecule has 2 rings (SSSR count). The van der Waals surface area contributed by atoms with E-state index in [9.17, 15) is 4.79 Å². The molecule has 0 N–H and O–H groups in total. The van der Waals surface area contributed by atoms with Crippen LogP contribution in [0.15, 0.2) is 16.7 Å². The Morgan fingerprint density at radius 3 is 2.76 bits per heavy atom. The molecule has 3 atom stereocenters. The summed E-state index contributed by atoms with van der Waals surface area (Å²) in [7, 11) is 0. The standard InChI is InChI=1S/C13H18ClNO2/c1-8-6-9(2)10(3)15(7-8)13(16)11-4-5-17-12(11)14/h4-5,8-10H,6-7H2,1-3H3. The molecule has 1 aliphatic heterocycles. The zero-order valence-corrected chi connectivity index (χ0v) is 11.2. The van der Waals surface area contributed by atoms with Crippen LogP contribution >= 0.6 is 11.6 Å². The van der Waals surface area contributed by atoms with Crippen LogP contribution in [0, 0.1) is 11.8 Å². The topological polar surface area (TPSA) is 33.5 Å². The fraction of sp³-hybridized carbons (Fsp3) is 0.615. The Balaban J connectivity index is 2.21. The molecule has 0 aromatic carbocycles. The molecule has 1 aromatic rings. The summed E-state index contributed by atoms with van der Waals surface area (Å²) in [5.74, 6) is 1.04. The molecule has 2 heterocycles. The first-order valence-corrected chi connectivity index (χ1v) is 6.42. The number of carbonyl (C=O) groups is 1. The third kappa shape index (κ3) is 2.34. The van der Waals surface area contributed by atoms with Crippen LogP contribution in [0.5, 0.6) is 0 Å². The lowest BCUT2D eigenvalue weighted by Gasteiger charge is -2.41. The first-order valence-electron chi connectivity index (χ1n) is 6.04. The fourth-order valence-corrected chi connectivity index (χ4v) is 2.78. The van der Waals surface area contributed by atoms with Gasteiger partial charge in [0.2, 0.25) is 5.22 Å². The second-order valence-electron chi connectivity index (χ2n) is 5.12. The van der Waals surface area contributed by atoms with Crippen LogP contribution in [0.1, 0.15) is 37.6 Å². The average Bonchev–Trinajstić information content (AvgIpc) is 2.69. The number of amides is 1. The van der Waals surface area contributed by atoms with Gasteiger partial charge in [-0.05, 0) is 42.8 Å². The maximum Gasteiger partial charge on any atom is 0.258 e. The Bertz CT molecular complexity index is 415. The minimum atomic E-state index is -0.0188. The van der Waals surface area contributed by atoms with Gasteiger partial charge < -0.3 is 9.32 Å². The van der Waals surface area contributed by atoms with E-state index in [-0.39, 0.29) is 17.2 Å². The average molecular weight is 256 g/mol. The molecule has 1 amide bonds. The zero-order chi connectivity index (χ0) is 12.6. The Kier molecular flexibility index (Phi) is 3.48. The van der Waals surface area contributed by atoms with Crippen LogP contribution in [0.2, 0.25) is 5.22 Å². The molecule has 1 aliphatic rings. The molecule has 1 aromatic heterocycles. The van der Waals surface area contributed by atoms with Crippen molar-refractivity contribution < 1.29 is 9.21 Å². The van der Waals surface area contributed by atoms with Crippen LogP contribution in [-0.4, -0.2) is 23.4 Å². The summed E-state index contributed by atoms with van der Waals surface area (Å²) in [6, 6.07) is 1.89. The molecule has 94 valence electrons. The second-order valence-corrected chi connectivity index (χ2v) is 5.47. The lowest BCUT2D eigenvalue weighted by molar-refractivity contribution is 0.0455. The third-order valence-corrected chi connectivity index (χ3v) is 4.00. The molecular formula is C13H18ClNO2. The predicted molar refractivity (Wildman–Crippen MR) is 67.2 cm³/mol. The molecule has 17 heavy (non-hydrogen) atoms. The van der Waals surface area contributed by atoms with E-state index in [4.69, 9.17) is 16.0 Å². The molecule has 0 saturated carbocycles. The highest BCUT2D eigenvalue weighted by Gasteiger charge is 2.33. The van der Waals surface area contributed by atoms with Gasteiger partial charge in [0.05, 0.1) is 11.8 Å². The largest absolute Gasteiger partial charge is 0.452 e. The van der Waals surface area contributed by atoms with Gasteiger partial charge >= 0.3 is 0 Å². The predicted octanol–water partition coefficient (Wildman–Crippen LogP) is 3.44. The molecule has 0 bridgehead atoms. The Morgan fingerprint density at radius 2 is 2.18 bits per heavy atom. The van der Waals surface area contributed by atoms with Gasteiger partial charge in [-0.3, -0.25) is 4.79 Å². The van der Waals surface area contributed by atoms with Crippen molar-refractivity contribution in [3.05, 3.63) is 23.1 Å². The summed E-state index contributed by atoms with van der Waals surface area (Å²) in [6.07, 6.45) is 2.63. The minimum Gasteiger partial charge on any atom is -0.452 e. The summed E-state index contributed by atoms with van der Waals surface area (Å²) in [6.45, 7) is 7.27. The molecule has 3 nitrogen and oxygen atoms in total. The minimum absolute atomic E-state index is 0.0188. The first kappa shape index (κ1) is 12.5. The van der Waals surface area contributed by atoms with Crippen LogP contribution < -0.4 is 0 Å². The van der Waals surface area contributed by atoms with Crippen LogP contribution in [0.4, 0.5) is 0 Å². The summed E-state index contributed by atoms with van der Waals surface area (Å²) in [5, 5.41) is 0.188. The number of furan rings is 1. The number of nitrogens with zero attached hydrogens (tertiary/aromatic N) is 1. The second kappa shape index (κ2) is 4.73. The first-order chi connectivity index (χ1) is 8.00. The molecule has 4 heteroatoms. The van der Waals surface area contributed by atoms with E-state index in [0.717, 1.165) is 6.54 Å². The Labute approximate surface area is 107 Å². The van der Waals surface area contributed by atoms with Gasteiger partial charge in [0.1, 0.15) is 0 Å². The van der Waals surface area contributed by atoms with Crippen molar-refractivity contribution in [2.75, 3.05) is 6.54 Å². The van der Waals surface area contributed by atoms with Gasteiger partial charge in [-0.15, -0.1) is 0 Å². The van der Waals surface area contributed by atoms with Crippen molar-refractivity contribution in [3.63, 3.8) is 0 Å². The normalized spacial score (nSPS) is 29.4. The van der Waals surface area contributed by atoms with Gasteiger partial charge in [-0.1, -0.05) is 13.8 Å². The number of piperidine rings is 1. The number of hydrogen-bond acceptors (Lipinski definition) is 2. The number of hydrogen-bond donors (Lipinski definition) is 0. The van der Waals surface area contributed by atoms with Crippen LogP contribution in [0.25, 0.3) is 0 Å². The van der Waals surface area contributed by atoms with Crippen LogP contribution in [-0.2, 0) is 0 Å². The van der Waals surface area contributed by atoms with Crippen molar-refractivity contribution in [1.29, 1.82) is 0 Å². The quantitative estimate of drug-likeness (QED) is 0.770. The SMILES string of the molecule is CC1CC(C)C(C)N(C(=O)c2ccoc2Cl)C1. The highest BCUT2D eigenvalue weighted by Crippen LogP contribution is 2.29. The molecule has 0 aliphatic carbocycles. The number of rotatable bonds is 1. The molecular weight excluding hydrogens is 238 g/mol. The maximum atomic E-state index is 12.4. The van der Waals surface area contributed by atoms with E-state index in [2.05, 4.69) is 20.8 Å². The van der Waals surface area contributed by atoms with E-state index >= 15 is 0 Å². The van der Waals surface area contributed by atoms with E-state index in [1.807, 2.05) is 4.90 Å². The summed E-state index contributed by atoms with van der Waals surface area (Å²) >= 11 is 5.86. The number of halogens is 1. The zero-order valence-electron chi connectivity index (χ0n) is 10.4. The smallest absolute Gasteiger partial charge is 0.258 e. The highest BCUT2D eigenvalue weighted by molar-refractivity contribution is 6.32. The van der Waals surface area contributed by atoms with Gasteiger partial charge in [0.15, 0.2) is 0 Å². The lowest BCUT2D eigenvalue weighted by Crippen LogP contribution is -2.48. The van der Waals surface area contributed by atoms with Gasteiger partial charge in [0.25, 0.3) is 5.91 Å². The van der Waals surface area contributed by atoms with Gasteiger partial charge in [0, 0.05) is 12.6 Å². The highest BCUT2D eigenvalue weighted by atomic mass is 35.5. The third-order valence-electron chi connectivity index (χ3n) is 3.71. The van der Waals surface area contributed by atoms with E-state index in [0.29, 0.717) is 17.4 Å². The summed E-state index contributed by atoms with van der Waals surface area (Å²) < 4.78 is 4.98. The van der Waals surface area contributed by atoms with E-state index in [1.165, 1.54) is 12.7 Å². The van der Waals surface area contributed by atoms with Crippen molar-refractivity contribution in [3.8, 4) is 0 Å². The van der Waals surface area contributed by atoms with Gasteiger partial charge in [-0.2, -0.15) is 0 Å². The van der Waals surface area contributed by atoms with Crippen molar-refractivity contribution in [1.82, 2.24) is 4.90 Å². The monoisotopic (exact) mass is 255 g/mol. The summed E-state index contributed by atoms with van der Waals surface area (Å²) in [5.41, 5.74) is 0.472. The molecule has 1 saturated heterocycles. The fourth-order valence-electron chi connectivity index (χ4n) is 2.58. The number of likely N-dealkylation sites (tertiary alicyclic amines) is 1. The molecule has 0 spiro atoms.